The molecule has 12 heavy (non-hydrogen) atoms. The number of nitrogens with one attached hydrogen (secondary N) is 1. The molecule has 3 N–H and O–H groups in total. The summed E-state index contributed by atoms with van der Waals surface area (Å²) in [6.45, 7) is 2.26. The highest BCUT2D eigenvalue weighted by Gasteiger charge is 2.39. The monoisotopic (exact) mass is 169 g/mol. The number of fused-ring (bicyclic) bond motifs is 1. The summed E-state index contributed by atoms with van der Waals surface area (Å²) >= 11 is 0. The normalized spacial score (nSPS) is 43.0. The van der Waals surface area contributed by atoms with E-state index in [2.05, 4.69) is 17.5 Å². The lowest BCUT2D eigenvalue weighted by Crippen LogP contribution is -2.50. The van der Waals surface area contributed by atoms with Crippen molar-refractivity contribution in [3.8, 4) is 0 Å². The van der Waals surface area contributed by atoms with Crippen molar-refractivity contribution in [1.82, 2.24) is 10.5 Å². The summed E-state index contributed by atoms with van der Waals surface area (Å²) in [6, 6.07) is 1.35. The average Bonchev–Trinajstić information content (AvgIpc) is 2.40. The Bertz CT molecular complexity index is 160. The standard InChI is InChI=1S/C9H19N3/c1-7-6-8-4-2-3-5-9(8)12(7)11-10/h7-9,11H,2-6,10H2,1H3/t7-,8?,9+/m1/s1. The van der Waals surface area contributed by atoms with Crippen LogP contribution >= 0.6 is 0 Å². The molecule has 0 aromatic rings. The molecule has 0 bridgehead atoms. The summed E-state index contributed by atoms with van der Waals surface area (Å²) in [5.74, 6) is 6.41. The van der Waals surface area contributed by atoms with Crippen molar-refractivity contribution in [3.63, 3.8) is 0 Å². The number of nitrogens with two attached hydrogens (primary N) is 1. The van der Waals surface area contributed by atoms with E-state index in [0.717, 1.165) is 12.0 Å². The number of hydrogen-bond acceptors (Lipinski definition) is 3. The first-order valence-corrected chi connectivity index (χ1v) is 5.07. The number of rotatable bonds is 1. The lowest BCUT2D eigenvalue weighted by atomic mass is 9.85. The Balaban J connectivity index is 2.05. The zero-order valence-electron chi connectivity index (χ0n) is 7.79. The van der Waals surface area contributed by atoms with Gasteiger partial charge in [-0.15, -0.1) is 0 Å². The number of nitrogens with zero attached hydrogens (tertiary/aromatic N) is 1. The van der Waals surface area contributed by atoms with E-state index in [-0.39, 0.29) is 0 Å². The summed E-state index contributed by atoms with van der Waals surface area (Å²) in [7, 11) is 0. The van der Waals surface area contributed by atoms with Gasteiger partial charge in [-0.2, -0.15) is 5.53 Å². The van der Waals surface area contributed by atoms with Crippen molar-refractivity contribution >= 4 is 0 Å². The van der Waals surface area contributed by atoms with Crippen molar-refractivity contribution in [2.24, 2.45) is 11.8 Å². The van der Waals surface area contributed by atoms with Crippen molar-refractivity contribution in [2.75, 3.05) is 0 Å². The van der Waals surface area contributed by atoms with Gasteiger partial charge in [-0.25, -0.2) is 5.01 Å². The van der Waals surface area contributed by atoms with Crippen LogP contribution in [-0.4, -0.2) is 17.1 Å². The molecular formula is C9H19N3. The van der Waals surface area contributed by atoms with Gasteiger partial charge < -0.3 is 0 Å². The van der Waals surface area contributed by atoms with E-state index >= 15 is 0 Å². The zero-order chi connectivity index (χ0) is 8.55. The molecule has 0 aromatic heterocycles. The number of hydrazine groups is 2. The molecule has 1 heterocycles. The molecule has 2 rings (SSSR count). The molecule has 0 spiro atoms. The lowest BCUT2D eigenvalue weighted by molar-refractivity contribution is 0.0959. The topological polar surface area (TPSA) is 41.3 Å². The van der Waals surface area contributed by atoms with Gasteiger partial charge in [0.15, 0.2) is 0 Å². The Morgan fingerprint density at radius 1 is 1.33 bits per heavy atom. The smallest absolute Gasteiger partial charge is 0.0288 e. The largest absolute Gasteiger partial charge is 0.258 e. The van der Waals surface area contributed by atoms with E-state index < -0.39 is 0 Å². The van der Waals surface area contributed by atoms with E-state index in [0.29, 0.717) is 6.04 Å². The second kappa shape index (κ2) is 3.32. The maximum Gasteiger partial charge on any atom is 0.0288 e. The molecule has 3 heteroatoms. The van der Waals surface area contributed by atoms with Crippen LogP contribution in [0, 0.1) is 5.92 Å². The molecule has 2 aliphatic rings. The van der Waals surface area contributed by atoms with Gasteiger partial charge in [-0.3, -0.25) is 5.84 Å². The number of hydrogen-bond donors (Lipinski definition) is 2. The lowest BCUT2D eigenvalue weighted by Gasteiger charge is -2.31. The Kier molecular flexibility index (Phi) is 2.35. The molecule has 0 aromatic carbocycles. The Morgan fingerprint density at radius 2 is 2.08 bits per heavy atom. The fourth-order valence-electron chi connectivity index (χ4n) is 2.93. The minimum Gasteiger partial charge on any atom is -0.258 e. The highest BCUT2D eigenvalue weighted by molar-refractivity contribution is 4.91. The minimum absolute atomic E-state index is 0.628. The molecule has 1 aliphatic carbocycles. The third-order valence-electron chi connectivity index (χ3n) is 3.49. The molecule has 3 nitrogen and oxygen atoms in total. The maximum absolute atomic E-state index is 5.51. The van der Waals surface area contributed by atoms with Crippen LogP contribution in [-0.2, 0) is 0 Å². The Labute approximate surface area is 74.2 Å². The summed E-state index contributed by atoms with van der Waals surface area (Å²) in [4.78, 5) is 0. The summed E-state index contributed by atoms with van der Waals surface area (Å²) < 4.78 is 0. The molecule has 70 valence electrons. The van der Waals surface area contributed by atoms with Crippen LogP contribution in [0.3, 0.4) is 0 Å². The van der Waals surface area contributed by atoms with Crippen LogP contribution < -0.4 is 11.4 Å². The predicted molar refractivity (Wildman–Crippen MR) is 49.0 cm³/mol. The highest BCUT2D eigenvalue weighted by Crippen LogP contribution is 2.37. The first kappa shape index (κ1) is 8.48. The van der Waals surface area contributed by atoms with Crippen LogP contribution in [0.15, 0.2) is 0 Å². The van der Waals surface area contributed by atoms with Gasteiger partial charge in [0, 0.05) is 12.1 Å². The fraction of sp³-hybridized carbons (Fsp3) is 1.00. The van der Waals surface area contributed by atoms with Gasteiger partial charge in [0.1, 0.15) is 0 Å². The van der Waals surface area contributed by atoms with E-state index in [1.165, 1.54) is 32.1 Å². The second-order valence-corrected chi connectivity index (χ2v) is 4.23. The molecular weight excluding hydrogens is 150 g/mol. The zero-order valence-corrected chi connectivity index (χ0v) is 7.79. The van der Waals surface area contributed by atoms with Crippen LogP contribution in [0.4, 0.5) is 0 Å². The van der Waals surface area contributed by atoms with Crippen LogP contribution in [0.5, 0.6) is 0 Å². The van der Waals surface area contributed by atoms with E-state index in [4.69, 9.17) is 5.84 Å². The maximum atomic E-state index is 5.51. The molecule has 1 aliphatic heterocycles. The Hall–Kier alpha value is -0.120. The minimum atomic E-state index is 0.628. The van der Waals surface area contributed by atoms with E-state index in [1.807, 2.05) is 0 Å². The van der Waals surface area contributed by atoms with Crippen molar-refractivity contribution in [1.29, 1.82) is 0 Å². The van der Waals surface area contributed by atoms with Crippen molar-refractivity contribution in [3.05, 3.63) is 0 Å². The van der Waals surface area contributed by atoms with Crippen LogP contribution in [0.25, 0.3) is 0 Å². The predicted octanol–water partition coefficient (Wildman–Crippen LogP) is 1.02. The molecule has 0 radical (unpaired) electrons. The van der Waals surface area contributed by atoms with E-state index in [1.54, 1.807) is 0 Å². The van der Waals surface area contributed by atoms with Gasteiger partial charge >= 0.3 is 0 Å². The van der Waals surface area contributed by atoms with Crippen LogP contribution in [0.1, 0.15) is 39.0 Å². The first-order valence-electron chi connectivity index (χ1n) is 5.07. The molecule has 0 amide bonds. The molecule has 2 fully saturated rings. The SMILES string of the molecule is C[C@@H]1CC2CCCC[C@@H]2N1NN. The third-order valence-corrected chi connectivity index (χ3v) is 3.49. The average molecular weight is 169 g/mol. The van der Waals surface area contributed by atoms with E-state index in [9.17, 15) is 0 Å². The first-order chi connectivity index (χ1) is 5.83. The van der Waals surface area contributed by atoms with Crippen molar-refractivity contribution in [2.45, 2.75) is 51.1 Å². The fourth-order valence-corrected chi connectivity index (χ4v) is 2.93. The van der Waals surface area contributed by atoms with Gasteiger partial charge in [0.2, 0.25) is 0 Å². The Morgan fingerprint density at radius 3 is 2.83 bits per heavy atom. The van der Waals surface area contributed by atoms with Gasteiger partial charge in [-0.1, -0.05) is 12.8 Å². The third kappa shape index (κ3) is 1.26. The molecule has 1 saturated carbocycles. The van der Waals surface area contributed by atoms with Gasteiger partial charge in [0.05, 0.1) is 0 Å². The summed E-state index contributed by atoms with van der Waals surface area (Å²) in [6.07, 6.45) is 6.87. The molecule has 1 unspecified atom stereocenters. The van der Waals surface area contributed by atoms with Gasteiger partial charge in [0.25, 0.3) is 0 Å². The highest BCUT2D eigenvalue weighted by atomic mass is 15.7. The summed E-state index contributed by atoms with van der Waals surface area (Å²) in [5.41, 5.74) is 2.85. The van der Waals surface area contributed by atoms with Crippen molar-refractivity contribution < 1.29 is 0 Å². The summed E-state index contributed by atoms with van der Waals surface area (Å²) in [5, 5.41) is 2.25. The van der Waals surface area contributed by atoms with Crippen LogP contribution in [0.2, 0.25) is 0 Å². The van der Waals surface area contributed by atoms with Gasteiger partial charge in [-0.05, 0) is 32.1 Å². The quantitative estimate of drug-likeness (QED) is 0.455. The second-order valence-electron chi connectivity index (χ2n) is 4.23. The molecule has 1 saturated heterocycles. The molecule has 3 atom stereocenters.